The quantitative estimate of drug-likeness (QED) is 0.609. The summed E-state index contributed by atoms with van der Waals surface area (Å²) >= 11 is 0. The van der Waals surface area contributed by atoms with Crippen LogP contribution in [0.5, 0.6) is 0 Å². The maximum absolute atomic E-state index is 11.5. The van der Waals surface area contributed by atoms with Crippen LogP contribution in [0.4, 0.5) is 4.79 Å². The number of nitrogens with zero attached hydrogens (tertiary/aromatic N) is 3. The topological polar surface area (TPSA) is 67.4 Å². The van der Waals surface area contributed by atoms with Crippen LogP contribution in [0.25, 0.3) is 0 Å². The molecule has 1 aromatic heterocycles. The van der Waals surface area contributed by atoms with Crippen molar-refractivity contribution >= 4 is 17.5 Å². The molecule has 1 heterocycles. The Morgan fingerprint density at radius 3 is 2.52 bits per heavy atom. The summed E-state index contributed by atoms with van der Waals surface area (Å²) in [6.07, 6.45) is -0.371. The van der Waals surface area contributed by atoms with Gasteiger partial charge in [0.2, 0.25) is 0 Å². The highest BCUT2D eigenvalue weighted by Crippen LogP contribution is 2.11. The van der Waals surface area contributed by atoms with Crippen LogP contribution in [0, 0.1) is 6.92 Å². The molecular formula is C19H23N3O3. The van der Waals surface area contributed by atoms with Crippen molar-refractivity contribution in [1.82, 2.24) is 4.90 Å². The minimum Gasteiger partial charge on any atom is -0.460 e. The van der Waals surface area contributed by atoms with Crippen molar-refractivity contribution in [3.8, 4) is 0 Å². The SMILES string of the molecule is COC(=O)N(C)Cc1cccc(C(C)=NN=C(C)c2ccc(C)o2)c1. The lowest BCUT2D eigenvalue weighted by Gasteiger charge is -2.15. The summed E-state index contributed by atoms with van der Waals surface area (Å²) in [6, 6.07) is 11.6. The van der Waals surface area contributed by atoms with Crippen LogP contribution in [-0.2, 0) is 11.3 Å². The number of carbonyl (C=O) groups excluding carboxylic acids is 1. The largest absolute Gasteiger partial charge is 0.460 e. The van der Waals surface area contributed by atoms with Crippen LogP contribution in [0.15, 0.2) is 51.0 Å². The summed E-state index contributed by atoms with van der Waals surface area (Å²) < 4.78 is 10.2. The molecule has 0 aliphatic rings. The van der Waals surface area contributed by atoms with Crippen molar-refractivity contribution in [3.05, 3.63) is 59.0 Å². The number of methoxy groups -OCH3 is 1. The van der Waals surface area contributed by atoms with E-state index in [2.05, 4.69) is 10.2 Å². The lowest BCUT2D eigenvalue weighted by atomic mass is 10.1. The molecule has 2 rings (SSSR count). The first-order valence-corrected chi connectivity index (χ1v) is 7.94. The molecule has 6 heteroatoms. The zero-order chi connectivity index (χ0) is 18.4. The van der Waals surface area contributed by atoms with Gasteiger partial charge < -0.3 is 14.1 Å². The van der Waals surface area contributed by atoms with Crippen molar-refractivity contribution in [1.29, 1.82) is 0 Å². The summed E-state index contributed by atoms with van der Waals surface area (Å²) in [4.78, 5) is 13.0. The maximum atomic E-state index is 11.5. The second kappa shape index (κ2) is 8.28. The second-order valence-corrected chi connectivity index (χ2v) is 5.81. The molecule has 0 unspecified atom stereocenters. The number of carbonyl (C=O) groups is 1. The van der Waals surface area contributed by atoms with Gasteiger partial charge in [-0.3, -0.25) is 0 Å². The predicted octanol–water partition coefficient (Wildman–Crippen LogP) is 4.02. The Labute approximate surface area is 147 Å². The van der Waals surface area contributed by atoms with Gasteiger partial charge in [-0.25, -0.2) is 4.79 Å². The molecular weight excluding hydrogens is 318 g/mol. The average Bonchev–Trinajstić information content (AvgIpc) is 3.05. The van der Waals surface area contributed by atoms with Gasteiger partial charge in [-0.05, 0) is 50.1 Å². The molecule has 0 aliphatic heterocycles. The zero-order valence-electron chi connectivity index (χ0n) is 15.2. The van der Waals surface area contributed by atoms with Crippen molar-refractivity contribution in [3.63, 3.8) is 0 Å². The van der Waals surface area contributed by atoms with E-state index in [1.165, 1.54) is 12.0 Å². The van der Waals surface area contributed by atoms with Gasteiger partial charge in [0.15, 0.2) is 0 Å². The molecule has 0 bridgehead atoms. The van der Waals surface area contributed by atoms with Crippen molar-refractivity contribution in [2.24, 2.45) is 10.2 Å². The molecule has 0 N–H and O–H groups in total. The highest BCUT2D eigenvalue weighted by Gasteiger charge is 2.09. The summed E-state index contributed by atoms with van der Waals surface area (Å²) in [5.41, 5.74) is 3.43. The van der Waals surface area contributed by atoms with E-state index in [0.717, 1.165) is 22.6 Å². The number of furan rings is 1. The predicted molar refractivity (Wildman–Crippen MR) is 98.2 cm³/mol. The number of amides is 1. The number of rotatable bonds is 5. The minimum atomic E-state index is -0.371. The van der Waals surface area contributed by atoms with Gasteiger partial charge in [0.05, 0.1) is 12.8 Å². The molecule has 0 saturated heterocycles. The Kier molecular flexibility index (Phi) is 6.11. The Morgan fingerprint density at radius 1 is 1.16 bits per heavy atom. The molecule has 0 spiro atoms. The highest BCUT2D eigenvalue weighted by atomic mass is 16.5. The Bertz CT molecular complexity index is 806. The van der Waals surface area contributed by atoms with Crippen LogP contribution in [-0.4, -0.2) is 36.6 Å². The monoisotopic (exact) mass is 341 g/mol. The van der Waals surface area contributed by atoms with Gasteiger partial charge in [0.25, 0.3) is 0 Å². The molecule has 0 atom stereocenters. The number of hydrogen-bond acceptors (Lipinski definition) is 5. The molecule has 0 fully saturated rings. The molecule has 0 radical (unpaired) electrons. The van der Waals surface area contributed by atoms with E-state index in [1.807, 2.05) is 57.2 Å². The van der Waals surface area contributed by atoms with E-state index in [4.69, 9.17) is 9.15 Å². The molecule has 2 aromatic rings. The van der Waals surface area contributed by atoms with Gasteiger partial charge in [0.1, 0.15) is 17.2 Å². The van der Waals surface area contributed by atoms with Crippen LogP contribution in [0.1, 0.15) is 36.5 Å². The standard InChI is InChI=1S/C19H23N3O3/c1-13-9-10-18(25-13)15(3)21-20-14(2)17-8-6-7-16(11-17)12-22(4)19(23)24-5/h6-11H,12H2,1-5H3. The highest BCUT2D eigenvalue weighted by molar-refractivity contribution is 6.00. The van der Waals surface area contributed by atoms with Gasteiger partial charge in [0, 0.05) is 13.6 Å². The van der Waals surface area contributed by atoms with E-state index >= 15 is 0 Å². The zero-order valence-corrected chi connectivity index (χ0v) is 15.2. The number of ether oxygens (including phenoxy) is 1. The van der Waals surface area contributed by atoms with Gasteiger partial charge in [-0.15, -0.1) is 0 Å². The fraction of sp³-hybridized carbons (Fsp3) is 0.316. The average molecular weight is 341 g/mol. The molecule has 0 saturated carbocycles. The Hall–Kier alpha value is -2.89. The van der Waals surface area contributed by atoms with E-state index in [0.29, 0.717) is 18.0 Å². The third kappa shape index (κ3) is 5.04. The Morgan fingerprint density at radius 2 is 1.88 bits per heavy atom. The fourth-order valence-electron chi connectivity index (χ4n) is 2.27. The molecule has 132 valence electrons. The van der Waals surface area contributed by atoms with Crippen LogP contribution >= 0.6 is 0 Å². The van der Waals surface area contributed by atoms with Crippen molar-refractivity contribution in [2.75, 3.05) is 14.2 Å². The van der Waals surface area contributed by atoms with Gasteiger partial charge in [-0.2, -0.15) is 10.2 Å². The smallest absolute Gasteiger partial charge is 0.409 e. The molecule has 1 amide bonds. The van der Waals surface area contributed by atoms with Gasteiger partial charge in [-0.1, -0.05) is 18.2 Å². The molecule has 1 aromatic carbocycles. The van der Waals surface area contributed by atoms with Gasteiger partial charge >= 0.3 is 6.09 Å². The molecule has 25 heavy (non-hydrogen) atoms. The first kappa shape index (κ1) is 18.4. The molecule has 6 nitrogen and oxygen atoms in total. The molecule has 0 aliphatic carbocycles. The van der Waals surface area contributed by atoms with Crippen LogP contribution < -0.4 is 0 Å². The first-order chi connectivity index (χ1) is 11.9. The number of hydrogen-bond donors (Lipinski definition) is 0. The summed E-state index contributed by atoms with van der Waals surface area (Å²) in [6.45, 7) is 6.11. The fourth-order valence-corrected chi connectivity index (χ4v) is 2.27. The lowest BCUT2D eigenvalue weighted by Crippen LogP contribution is -2.25. The number of benzene rings is 1. The first-order valence-electron chi connectivity index (χ1n) is 7.94. The van der Waals surface area contributed by atoms with Crippen molar-refractivity contribution in [2.45, 2.75) is 27.3 Å². The van der Waals surface area contributed by atoms with E-state index < -0.39 is 0 Å². The third-order valence-corrected chi connectivity index (χ3v) is 3.70. The van der Waals surface area contributed by atoms with Crippen LogP contribution in [0.3, 0.4) is 0 Å². The lowest BCUT2D eigenvalue weighted by molar-refractivity contribution is 0.131. The van der Waals surface area contributed by atoms with E-state index in [9.17, 15) is 4.79 Å². The third-order valence-electron chi connectivity index (χ3n) is 3.70. The second-order valence-electron chi connectivity index (χ2n) is 5.81. The normalized spacial score (nSPS) is 12.2. The van der Waals surface area contributed by atoms with Crippen LogP contribution in [0.2, 0.25) is 0 Å². The maximum Gasteiger partial charge on any atom is 0.409 e. The summed E-state index contributed by atoms with van der Waals surface area (Å²) in [7, 11) is 3.06. The summed E-state index contributed by atoms with van der Waals surface area (Å²) in [5.74, 6) is 1.55. The van der Waals surface area contributed by atoms with E-state index in [1.54, 1.807) is 7.05 Å². The van der Waals surface area contributed by atoms with E-state index in [-0.39, 0.29) is 6.09 Å². The number of aryl methyl sites for hydroxylation is 1. The Balaban J connectivity index is 2.15. The summed E-state index contributed by atoms with van der Waals surface area (Å²) in [5, 5.41) is 8.53. The minimum absolute atomic E-state index is 0.371. The van der Waals surface area contributed by atoms with Crippen molar-refractivity contribution < 1.29 is 13.9 Å².